The summed E-state index contributed by atoms with van der Waals surface area (Å²) in [6.07, 6.45) is 4.49. The van der Waals surface area contributed by atoms with Gasteiger partial charge in [-0.3, -0.25) is 19.3 Å². The molecule has 4 rings (SSSR count). The smallest absolute Gasteiger partial charge is 0.251 e. The summed E-state index contributed by atoms with van der Waals surface area (Å²) < 4.78 is 0. The maximum Gasteiger partial charge on any atom is 0.251 e. The summed E-state index contributed by atoms with van der Waals surface area (Å²) in [6, 6.07) is 11.7. The van der Waals surface area contributed by atoms with E-state index in [0.717, 1.165) is 30.7 Å². The van der Waals surface area contributed by atoms with Crippen molar-refractivity contribution in [1.29, 1.82) is 0 Å². The van der Waals surface area contributed by atoms with Crippen LogP contribution in [0, 0.1) is 18.8 Å². The second-order valence-electron chi connectivity index (χ2n) is 13.2. The number of carbonyl (C=O) groups excluding carboxylic acids is 3. The first kappa shape index (κ1) is 33.0. The first-order chi connectivity index (χ1) is 20.3. The summed E-state index contributed by atoms with van der Waals surface area (Å²) in [5, 5.41) is 28.1. The monoisotopic (exact) mass is 609 g/mol. The lowest BCUT2D eigenvalue weighted by Crippen LogP contribution is -2.60. The maximum atomic E-state index is 13.6. The van der Waals surface area contributed by atoms with E-state index in [1.165, 1.54) is 43.7 Å². The molecule has 1 saturated heterocycles. The highest BCUT2D eigenvalue weighted by Crippen LogP contribution is 2.39. The number of aliphatic hydroxyl groups excluding tert-OH is 1. The van der Waals surface area contributed by atoms with Gasteiger partial charge in [-0.05, 0) is 89.1 Å². The third-order valence-corrected chi connectivity index (χ3v) is 9.85. The molecule has 0 bridgehead atoms. The van der Waals surface area contributed by atoms with Crippen molar-refractivity contribution in [1.82, 2.24) is 15.5 Å². The van der Waals surface area contributed by atoms with Crippen LogP contribution in [0.15, 0.2) is 47.4 Å². The number of thioether (sulfide) groups is 1. The standard InChI is InChI=1S/C34H47N3O5S/c1-21-26(15-16-29(39)31(21)22(2)38)32(41)35-27(20-43-25-13-7-6-8-14-25)30(40)19-37-18-24-12-10-9-11-23(24)17-28(37)33(42)36-34(3,4)5/h6-8,13-16,23-24,27-28,30,39-40H,9-12,17-20H2,1-5H3,(H,35,41)(H,36,42)/t23-,24+,27-,28-,30+/m0/s1. The third kappa shape index (κ3) is 8.61. The van der Waals surface area contributed by atoms with Gasteiger partial charge in [0.1, 0.15) is 5.75 Å². The molecule has 0 aromatic heterocycles. The number of phenols is 1. The number of phenolic OH excluding ortho intramolecular Hbond substituents is 1. The molecule has 0 radical (unpaired) electrons. The Morgan fingerprint density at radius 1 is 1.05 bits per heavy atom. The van der Waals surface area contributed by atoms with Crippen molar-refractivity contribution in [3.05, 3.63) is 59.2 Å². The van der Waals surface area contributed by atoms with E-state index in [4.69, 9.17) is 0 Å². The molecule has 234 valence electrons. The molecule has 2 aliphatic rings. The largest absolute Gasteiger partial charge is 0.507 e. The van der Waals surface area contributed by atoms with Gasteiger partial charge in [0.05, 0.1) is 23.8 Å². The lowest BCUT2D eigenvalue weighted by Gasteiger charge is -2.47. The topological polar surface area (TPSA) is 119 Å². The van der Waals surface area contributed by atoms with Crippen LogP contribution in [-0.4, -0.2) is 75.3 Å². The zero-order valence-corrected chi connectivity index (χ0v) is 26.9. The predicted octanol–water partition coefficient (Wildman–Crippen LogP) is 4.95. The quantitative estimate of drug-likeness (QED) is 0.222. The minimum Gasteiger partial charge on any atom is -0.507 e. The Morgan fingerprint density at radius 2 is 1.72 bits per heavy atom. The number of nitrogens with one attached hydrogen (secondary N) is 2. The highest BCUT2D eigenvalue weighted by atomic mass is 32.2. The lowest BCUT2D eigenvalue weighted by atomic mass is 9.72. The number of piperidine rings is 1. The van der Waals surface area contributed by atoms with E-state index in [2.05, 4.69) is 15.5 Å². The number of carbonyl (C=O) groups is 3. The number of amides is 2. The number of hydrogen-bond acceptors (Lipinski definition) is 7. The lowest BCUT2D eigenvalue weighted by molar-refractivity contribution is -0.132. The average Bonchev–Trinajstić information content (AvgIpc) is 2.94. The fourth-order valence-electron chi connectivity index (χ4n) is 6.58. The number of benzene rings is 2. The molecular formula is C34H47N3O5S. The van der Waals surface area contributed by atoms with E-state index in [-0.39, 0.29) is 46.7 Å². The van der Waals surface area contributed by atoms with Crippen molar-refractivity contribution >= 4 is 29.4 Å². The summed E-state index contributed by atoms with van der Waals surface area (Å²) in [6.45, 7) is 9.92. The van der Waals surface area contributed by atoms with Crippen LogP contribution < -0.4 is 10.6 Å². The molecule has 5 atom stereocenters. The Balaban J connectivity index is 1.57. The van der Waals surface area contributed by atoms with E-state index in [9.17, 15) is 24.6 Å². The van der Waals surface area contributed by atoms with Crippen LogP contribution in [0.25, 0.3) is 0 Å². The molecule has 1 aliphatic carbocycles. The van der Waals surface area contributed by atoms with Gasteiger partial charge in [0.2, 0.25) is 5.91 Å². The second kappa shape index (κ2) is 14.3. The van der Waals surface area contributed by atoms with Crippen LogP contribution in [0.2, 0.25) is 0 Å². The number of aromatic hydroxyl groups is 1. The SMILES string of the molecule is CC(=O)c1c(O)ccc(C(=O)N[C@@H](CSc2ccccc2)[C@H](O)CN2C[C@H]3CCCC[C@H]3C[C@H]2C(=O)NC(C)(C)C)c1C. The van der Waals surface area contributed by atoms with Gasteiger partial charge in [0.25, 0.3) is 5.91 Å². The van der Waals surface area contributed by atoms with Crippen LogP contribution in [0.5, 0.6) is 5.75 Å². The van der Waals surface area contributed by atoms with E-state index >= 15 is 0 Å². The molecule has 9 heteroatoms. The molecule has 8 nitrogen and oxygen atoms in total. The molecule has 43 heavy (non-hydrogen) atoms. The number of fused-ring (bicyclic) bond motifs is 1. The Kier molecular flexibility index (Phi) is 11.0. The first-order valence-corrected chi connectivity index (χ1v) is 16.4. The van der Waals surface area contributed by atoms with Crippen molar-refractivity contribution < 1.29 is 24.6 Å². The normalized spacial score (nSPS) is 22.2. The number of ketones is 1. The third-order valence-electron chi connectivity index (χ3n) is 8.72. The van der Waals surface area contributed by atoms with Gasteiger partial charge in [0.15, 0.2) is 5.78 Å². The molecule has 1 heterocycles. The second-order valence-corrected chi connectivity index (χ2v) is 14.3. The molecule has 0 spiro atoms. The summed E-state index contributed by atoms with van der Waals surface area (Å²) in [7, 11) is 0. The Hall–Kier alpha value is -2.88. The summed E-state index contributed by atoms with van der Waals surface area (Å²) in [5.74, 6) is 0.484. The van der Waals surface area contributed by atoms with E-state index in [1.807, 2.05) is 51.1 Å². The van der Waals surface area contributed by atoms with Crippen LogP contribution in [0.3, 0.4) is 0 Å². The highest BCUT2D eigenvalue weighted by molar-refractivity contribution is 7.99. The first-order valence-electron chi connectivity index (χ1n) is 15.4. The Labute approximate surface area is 260 Å². The Bertz CT molecular complexity index is 1290. The van der Waals surface area contributed by atoms with E-state index in [0.29, 0.717) is 23.2 Å². The van der Waals surface area contributed by atoms with E-state index in [1.54, 1.807) is 6.92 Å². The fourth-order valence-corrected chi connectivity index (χ4v) is 7.61. The van der Waals surface area contributed by atoms with Gasteiger partial charge >= 0.3 is 0 Å². The molecule has 2 fully saturated rings. The maximum absolute atomic E-state index is 13.6. The van der Waals surface area contributed by atoms with Crippen LogP contribution in [0.4, 0.5) is 0 Å². The molecule has 2 aromatic rings. The molecule has 1 aliphatic heterocycles. The summed E-state index contributed by atoms with van der Waals surface area (Å²) in [5.41, 5.74) is 0.419. The van der Waals surface area contributed by atoms with Gasteiger partial charge in [-0.1, -0.05) is 37.5 Å². The molecule has 2 aromatic carbocycles. The zero-order valence-electron chi connectivity index (χ0n) is 26.1. The minimum atomic E-state index is -0.949. The number of β-amino-alcohol motifs (C(OH)–C–C–N with tert-alkyl or cyclic N) is 1. The number of Topliss-reactive ketones (excluding diaryl/α,β-unsaturated/α-hetero) is 1. The van der Waals surface area contributed by atoms with Crippen molar-refractivity contribution in [2.45, 2.75) is 95.3 Å². The molecule has 0 unspecified atom stereocenters. The fraction of sp³-hybridized carbons (Fsp3) is 0.559. The molecule has 4 N–H and O–H groups in total. The molecular weight excluding hydrogens is 562 g/mol. The zero-order chi connectivity index (χ0) is 31.3. The number of aliphatic hydroxyl groups is 1. The number of rotatable bonds is 10. The molecule has 1 saturated carbocycles. The molecule has 2 amide bonds. The number of hydrogen-bond donors (Lipinski definition) is 4. The van der Waals surface area contributed by atoms with Crippen molar-refractivity contribution in [2.24, 2.45) is 11.8 Å². The number of nitrogens with zero attached hydrogens (tertiary/aromatic N) is 1. The van der Waals surface area contributed by atoms with Crippen LogP contribution in [-0.2, 0) is 4.79 Å². The van der Waals surface area contributed by atoms with Crippen molar-refractivity contribution in [3.63, 3.8) is 0 Å². The minimum absolute atomic E-state index is 0.0144. The number of likely N-dealkylation sites (tertiary alicyclic amines) is 1. The van der Waals surface area contributed by atoms with Crippen molar-refractivity contribution in [3.8, 4) is 5.75 Å². The van der Waals surface area contributed by atoms with Crippen LogP contribution >= 0.6 is 11.8 Å². The van der Waals surface area contributed by atoms with Gasteiger partial charge in [-0.15, -0.1) is 11.8 Å². The summed E-state index contributed by atoms with van der Waals surface area (Å²) in [4.78, 5) is 42.4. The van der Waals surface area contributed by atoms with Gasteiger partial charge in [-0.25, -0.2) is 0 Å². The Morgan fingerprint density at radius 3 is 2.37 bits per heavy atom. The van der Waals surface area contributed by atoms with Crippen molar-refractivity contribution in [2.75, 3.05) is 18.8 Å². The highest BCUT2D eigenvalue weighted by Gasteiger charge is 2.41. The van der Waals surface area contributed by atoms with Gasteiger partial charge in [0, 0.05) is 34.8 Å². The predicted molar refractivity (Wildman–Crippen MR) is 171 cm³/mol. The average molecular weight is 610 g/mol. The van der Waals surface area contributed by atoms with Gasteiger partial charge < -0.3 is 20.8 Å². The van der Waals surface area contributed by atoms with Gasteiger partial charge in [-0.2, -0.15) is 0 Å². The van der Waals surface area contributed by atoms with Crippen LogP contribution in [0.1, 0.15) is 86.1 Å². The summed E-state index contributed by atoms with van der Waals surface area (Å²) >= 11 is 1.54. The van der Waals surface area contributed by atoms with E-state index < -0.39 is 18.1 Å².